The number of ether oxygens (including phenoxy) is 1. The Balaban J connectivity index is 1.96. The number of pyridine rings is 1. The Hall–Kier alpha value is -2.67. The third kappa shape index (κ3) is 3.30. The first kappa shape index (κ1) is 16.2. The fourth-order valence-electron chi connectivity index (χ4n) is 3.10. The molecule has 1 aromatic heterocycles. The molecule has 3 rings (SSSR count). The normalized spacial score (nSPS) is 16.7. The summed E-state index contributed by atoms with van der Waals surface area (Å²) in [4.78, 5) is 38.5. The number of nitrogens with one attached hydrogen (secondary N) is 2. The van der Waals surface area contributed by atoms with E-state index in [0.29, 0.717) is 37.0 Å². The standard InChI is InChI=1S/C17H18N2O5/c20-14-9-12(11-3-1-2-4-13(11)18-14)16(23)19-17(10-15(21)22)5-7-24-8-6-17/h1-4,9H,5-8,10H2,(H,18,20)(H,19,23)(H,21,22). The third-order valence-electron chi connectivity index (χ3n) is 4.31. The highest BCUT2D eigenvalue weighted by molar-refractivity contribution is 6.06. The summed E-state index contributed by atoms with van der Waals surface area (Å²) >= 11 is 0. The summed E-state index contributed by atoms with van der Waals surface area (Å²) in [6, 6.07) is 8.25. The van der Waals surface area contributed by atoms with Gasteiger partial charge in [0.25, 0.3) is 5.91 Å². The van der Waals surface area contributed by atoms with E-state index in [-0.39, 0.29) is 17.5 Å². The first-order valence-electron chi connectivity index (χ1n) is 7.73. The lowest BCUT2D eigenvalue weighted by molar-refractivity contribution is -0.139. The number of H-pyrrole nitrogens is 1. The second kappa shape index (κ2) is 6.45. The Morgan fingerprint density at radius 1 is 1.25 bits per heavy atom. The number of amides is 1. The number of para-hydroxylation sites is 1. The van der Waals surface area contributed by atoms with E-state index in [4.69, 9.17) is 4.74 Å². The quantitative estimate of drug-likeness (QED) is 0.782. The number of benzene rings is 1. The minimum absolute atomic E-state index is 0.177. The molecule has 7 nitrogen and oxygen atoms in total. The first-order chi connectivity index (χ1) is 11.5. The smallest absolute Gasteiger partial charge is 0.305 e. The van der Waals surface area contributed by atoms with Crippen molar-refractivity contribution in [2.24, 2.45) is 0 Å². The first-order valence-corrected chi connectivity index (χ1v) is 7.73. The summed E-state index contributed by atoms with van der Waals surface area (Å²) in [6.07, 6.45) is 0.668. The monoisotopic (exact) mass is 330 g/mol. The van der Waals surface area contributed by atoms with Crippen molar-refractivity contribution in [3.05, 3.63) is 46.2 Å². The van der Waals surface area contributed by atoms with E-state index in [1.165, 1.54) is 6.07 Å². The van der Waals surface area contributed by atoms with Crippen LogP contribution in [0.15, 0.2) is 35.1 Å². The van der Waals surface area contributed by atoms with Crippen molar-refractivity contribution in [3.8, 4) is 0 Å². The van der Waals surface area contributed by atoms with Crippen LogP contribution in [-0.4, -0.2) is 40.7 Å². The number of carbonyl (C=O) groups excluding carboxylic acids is 1. The highest BCUT2D eigenvalue weighted by Gasteiger charge is 2.37. The average Bonchev–Trinajstić information content (AvgIpc) is 2.53. The van der Waals surface area contributed by atoms with E-state index in [2.05, 4.69) is 10.3 Å². The minimum Gasteiger partial charge on any atom is -0.481 e. The molecule has 2 heterocycles. The van der Waals surface area contributed by atoms with Crippen molar-refractivity contribution in [1.82, 2.24) is 10.3 Å². The van der Waals surface area contributed by atoms with Crippen molar-refractivity contribution in [2.75, 3.05) is 13.2 Å². The van der Waals surface area contributed by atoms with E-state index in [9.17, 15) is 19.5 Å². The van der Waals surface area contributed by atoms with Crippen LogP contribution in [0.4, 0.5) is 0 Å². The van der Waals surface area contributed by atoms with Crippen LogP contribution in [0.25, 0.3) is 10.9 Å². The zero-order valence-corrected chi connectivity index (χ0v) is 13.0. The predicted molar refractivity (Wildman–Crippen MR) is 87.1 cm³/mol. The van der Waals surface area contributed by atoms with Gasteiger partial charge in [0, 0.05) is 30.2 Å². The van der Waals surface area contributed by atoms with Gasteiger partial charge in [-0.3, -0.25) is 14.4 Å². The molecule has 0 aliphatic carbocycles. The molecule has 1 aliphatic heterocycles. The highest BCUT2D eigenvalue weighted by atomic mass is 16.5. The highest BCUT2D eigenvalue weighted by Crippen LogP contribution is 2.26. The van der Waals surface area contributed by atoms with Crippen molar-refractivity contribution >= 4 is 22.8 Å². The minimum atomic E-state index is -0.979. The summed E-state index contributed by atoms with van der Waals surface area (Å²) < 4.78 is 5.28. The van der Waals surface area contributed by atoms with Gasteiger partial charge in [-0.25, -0.2) is 0 Å². The summed E-state index contributed by atoms with van der Waals surface area (Å²) in [6.45, 7) is 0.785. The number of carboxylic acids is 1. The van der Waals surface area contributed by atoms with Crippen molar-refractivity contribution in [2.45, 2.75) is 24.8 Å². The number of hydrogen-bond donors (Lipinski definition) is 3. The van der Waals surface area contributed by atoms with Gasteiger partial charge in [-0.05, 0) is 18.9 Å². The average molecular weight is 330 g/mol. The van der Waals surface area contributed by atoms with Gasteiger partial charge in [0.05, 0.1) is 17.5 Å². The van der Waals surface area contributed by atoms with E-state index >= 15 is 0 Å². The van der Waals surface area contributed by atoms with Crippen LogP contribution in [0.1, 0.15) is 29.6 Å². The van der Waals surface area contributed by atoms with Crippen molar-refractivity contribution < 1.29 is 19.4 Å². The van der Waals surface area contributed by atoms with Crippen LogP contribution in [0.3, 0.4) is 0 Å². The van der Waals surface area contributed by atoms with Crippen LogP contribution in [0.2, 0.25) is 0 Å². The summed E-state index contributed by atoms with van der Waals surface area (Å²) in [7, 11) is 0. The Morgan fingerprint density at radius 3 is 2.67 bits per heavy atom. The molecule has 3 N–H and O–H groups in total. The van der Waals surface area contributed by atoms with E-state index in [1.54, 1.807) is 24.3 Å². The number of fused-ring (bicyclic) bond motifs is 1. The van der Waals surface area contributed by atoms with Crippen LogP contribution < -0.4 is 10.9 Å². The molecule has 1 amide bonds. The van der Waals surface area contributed by atoms with Crippen molar-refractivity contribution in [1.29, 1.82) is 0 Å². The molecule has 0 bridgehead atoms. The van der Waals surface area contributed by atoms with Gasteiger partial charge in [0.1, 0.15) is 0 Å². The number of aromatic nitrogens is 1. The fraction of sp³-hybridized carbons (Fsp3) is 0.353. The van der Waals surface area contributed by atoms with Gasteiger partial charge < -0.3 is 20.1 Å². The maximum atomic E-state index is 12.8. The van der Waals surface area contributed by atoms with Gasteiger partial charge in [-0.15, -0.1) is 0 Å². The molecule has 0 unspecified atom stereocenters. The number of carboxylic acid groups (broad SMARTS) is 1. The second-order valence-electron chi connectivity index (χ2n) is 6.01. The summed E-state index contributed by atoms with van der Waals surface area (Å²) in [5.74, 6) is -1.42. The lowest BCUT2D eigenvalue weighted by atomic mass is 9.86. The maximum absolute atomic E-state index is 12.8. The molecule has 0 radical (unpaired) electrons. The summed E-state index contributed by atoms with van der Waals surface area (Å²) in [5, 5.41) is 12.6. The van der Waals surface area contributed by atoms with Gasteiger partial charge in [-0.1, -0.05) is 18.2 Å². The molecule has 0 atom stereocenters. The van der Waals surface area contributed by atoms with Crippen LogP contribution in [0.5, 0.6) is 0 Å². The Morgan fingerprint density at radius 2 is 1.96 bits per heavy atom. The molecule has 1 aliphatic rings. The van der Waals surface area contributed by atoms with Gasteiger partial charge in [-0.2, -0.15) is 0 Å². The van der Waals surface area contributed by atoms with Crippen LogP contribution in [-0.2, 0) is 9.53 Å². The molecule has 7 heteroatoms. The van der Waals surface area contributed by atoms with E-state index in [0.717, 1.165) is 0 Å². The number of rotatable bonds is 4. The SMILES string of the molecule is O=C(O)CC1(NC(=O)c2cc(=O)[nH]c3ccccc23)CCOCC1. The lowest BCUT2D eigenvalue weighted by Gasteiger charge is -2.36. The lowest BCUT2D eigenvalue weighted by Crippen LogP contribution is -2.53. The largest absolute Gasteiger partial charge is 0.481 e. The fourth-order valence-corrected chi connectivity index (χ4v) is 3.10. The third-order valence-corrected chi connectivity index (χ3v) is 4.31. The molecule has 0 spiro atoms. The Kier molecular flexibility index (Phi) is 4.35. The number of aromatic amines is 1. The Labute approximate surface area is 137 Å². The molecular weight excluding hydrogens is 312 g/mol. The zero-order chi connectivity index (χ0) is 17.2. The topological polar surface area (TPSA) is 108 Å². The zero-order valence-electron chi connectivity index (χ0n) is 13.0. The maximum Gasteiger partial charge on any atom is 0.305 e. The van der Waals surface area contributed by atoms with E-state index in [1.807, 2.05) is 0 Å². The van der Waals surface area contributed by atoms with Gasteiger partial charge in [0.15, 0.2) is 0 Å². The molecule has 1 fully saturated rings. The Bertz CT molecular complexity index is 836. The molecule has 24 heavy (non-hydrogen) atoms. The number of carbonyl (C=O) groups is 2. The van der Waals surface area contributed by atoms with Gasteiger partial charge >= 0.3 is 5.97 Å². The van der Waals surface area contributed by atoms with Gasteiger partial charge in [0.2, 0.25) is 5.56 Å². The molecule has 0 saturated carbocycles. The summed E-state index contributed by atoms with van der Waals surface area (Å²) in [5.41, 5.74) is -0.427. The predicted octanol–water partition coefficient (Wildman–Crippen LogP) is 1.28. The van der Waals surface area contributed by atoms with Crippen molar-refractivity contribution in [3.63, 3.8) is 0 Å². The number of aliphatic carboxylic acids is 1. The van der Waals surface area contributed by atoms with Crippen LogP contribution in [0, 0.1) is 0 Å². The van der Waals surface area contributed by atoms with E-state index < -0.39 is 17.4 Å². The van der Waals surface area contributed by atoms with Crippen LogP contribution >= 0.6 is 0 Å². The molecular formula is C17H18N2O5. The second-order valence-corrected chi connectivity index (χ2v) is 6.01. The molecule has 1 saturated heterocycles. The molecule has 2 aromatic rings. The molecule has 1 aromatic carbocycles. The number of hydrogen-bond acceptors (Lipinski definition) is 4. The molecule has 126 valence electrons.